The van der Waals surface area contributed by atoms with Gasteiger partial charge in [0, 0.05) is 18.2 Å². The molecular formula is C19H24N2O5S. The van der Waals surface area contributed by atoms with E-state index in [1.807, 2.05) is 31.2 Å². The molecule has 0 radical (unpaired) electrons. The maximum Gasteiger partial charge on any atom is 0.241 e. The van der Waals surface area contributed by atoms with Gasteiger partial charge in [-0.2, -0.15) is 0 Å². The van der Waals surface area contributed by atoms with E-state index < -0.39 is 15.9 Å². The molecule has 0 aromatic heterocycles. The van der Waals surface area contributed by atoms with E-state index in [0.717, 1.165) is 16.1 Å². The first-order chi connectivity index (χ1) is 12.8. The van der Waals surface area contributed by atoms with E-state index in [-0.39, 0.29) is 13.1 Å². The summed E-state index contributed by atoms with van der Waals surface area (Å²) in [6.07, 6.45) is 1.06. The molecule has 0 aliphatic heterocycles. The molecule has 146 valence electrons. The van der Waals surface area contributed by atoms with E-state index in [2.05, 4.69) is 5.32 Å². The Labute approximate surface area is 160 Å². The highest BCUT2D eigenvalue weighted by Crippen LogP contribution is 2.23. The predicted octanol–water partition coefficient (Wildman–Crippen LogP) is 2.18. The van der Waals surface area contributed by atoms with Gasteiger partial charge >= 0.3 is 0 Å². The van der Waals surface area contributed by atoms with Gasteiger partial charge in [0.2, 0.25) is 15.9 Å². The largest absolute Gasteiger partial charge is 0.497 e. The molecule has 0 unspecified atom stereocenters. The van der Waals surface area contributed by atoms with Crippen LogP contribution in [-0.2, 0) is 21.4 Å². The first-order valence-electron chi connectivity index (χ1n) is 8.44. The van der Waals surface area contributed by atoms with Crippen molar-refractivity contribution >= 4 is 21.6 Å². The van der Waals surface area contributed by atoms with E-state index in [9.17, 15) is 13.2 Å². The Morgan fingerprint density at radius 3 is 2.56 bits per heavy atom. The highest BCUT2D eigenvalue weighted by Gasteiger charge is 2.21. The summed E-state index contributed by atoms with van der Waals surface area (Å²) in [7, 11) is -2.15. The van der Waals surface area contributed by atoms with Crippen LogP contribution in [-0.4, -0.2) is 40.8 Å². The summed E-state index contributed by atoms with van der Waals surface area (Å²) in [6, 6.07) is 13.9. The maximum atomic E-state index is 12.4. The van der Waals surface area contributed by atoms with Crippen LogP contribution in [0.2, 0.25) is 0 Å². The SMILES string of the molecule is CCOc1ccccc1CNC(=O)CN(c1cccc(OC)c1)S(C)(=O)=O. The minimum Gasteiger partial charge on any atom is -0.497 e. The number of methoxy groups -OCH3 is 1. The summed E-state index contributed by atoms with van der Waals surface area (Å²) < 4.78 is 36.0. The zero-order valence-corrected chi connectivity index (χ0v) is 16.5. The van der Waals surface area contributed by atoms with Crippen molar-refractivity contribution in [3.63, 3.8) is 0 Å². The fourth-order valence-electron chi connectivity index (χ4n) is 2.49. The van der Waals surface area contributed by atoms with Gasteiger partial charge in [0.25, 0.3) is 0 Å². The fourth-order valence-corrected chi connectivity index (χ4v) is 3.34. The van der Waals surface area contributed by atoms with E-state index in [1.165, 1.54) is 7.11 Å². The molecule has 7 nitrogen and oxygen atoms in total. The van der Waals surface area contributed by atoms with Crippen LogP contribution in [0.25, 0.3) is 0 Å². The minimum atomic E-state index is -3.65. The lowest BCUT2D eigenvalue weighted by molar-refractivity contribution is -0.119. The Bertz CT molecular complexity index is 883. The van der Waals surface area contributed by atoms with Crippen LogP contribution < -0.4 is 19.1 Å². The number of anilines is 1. The lowest BCUT2D eigenvalue weighted by atomic mass is 10.2. The predicted molar refractivity (Wildman–Crippen MR) is 105 cm³/mol. The lowest BCUT2D eigenvalue weighted by Gasteiger charge is -2.22. The van der Waals surface area contributed by atoms with Crippen LogP contribution in [0.15, 0.2) is 48.5 Å². The zero-order chi connectivity index (χ0) is 19.9. The van der Waals surface area contributed by atoms with Gasteiger partial charge < -0.3 is 14.8 Å². The van der Waals surface area contributed by atoms with Gasteiger partial charge in [-0.25, -0.2) is 8.42 Å². The number of rotatable bonds is 9. The second kappa shape index (κ2) is 9.27. The van der Waals surface area contributed by atoms with Crippen LogP contribution in [0.5, 0.6) is 11.5 Å². The molecule has 8 heteroatoms. The number of amides is 1. The lowest BCUT2D eigenvalue weighted by Crippen LogP contribution is -2.40. The zero-order valence-electron chi connectivity index (χ0n) is 15.6. The third-order valence-electron chi connectivity index (χ3n) is 3.78. The average Bonchev–Trinajstić information content (AvgIpc) is 2.64. The van der Waals surface area contributed by atoms with Gasteiger partial charge in [-0.05, 0) is 25.1 Å². The van der Waals surface area contributed by atoms with Crippen molar-refractivity contribution in [3.8, 4) is 11.5 Å². The Hall–Kier alpha value is -2.74. The third kappa shape index (κ3) is 5.89. The van der Waals surface area contributed by atoms with Crippen molar-refractivity contribution in [3.05, 3.63) is 54.1 Å². The van der Waals surface area contributed by atoms with Crippen molar-refractivity contribution in [2.45, 2.75) is 13.5 Å². The quantitative estimate of drug-likeness (QED) is 0.707. The van der Waals surface area contributed by atoms with Crippen molar-refractivity contribution in [2.24, 2.45) is 0 Å². The van der Waals surface area contributed by atoms with Crippen molar-refractivity contribution in [2.75, 3.05) is 30.8 Å². The molecule has 0 aliphatic carbocycles. The Morgan fingerprint density at radius 2 is 1.89 bits per heavy atom. The Balaban J connectivity index is 2.11. The van der Waals surface area contributed by atoms with Gasteiger partial charge in [0.15, 0.2) is 0 Å². The maximum absolute atomic E-state index is 12.4. The molecule has 0 fully saturated rings. The van der Waals surface area contributed by atoms with Crippen molar-refractivity contribution in [1.29, 1.82) is 0 Å². The van der Waals surface area contributed by atoms with Crippen LogP contribution in [0.3, 0.4) is 0 Å². The molecular weight excluding hydrogens is 368 g/mol. The number of carbonyl (C=O) groups is 1. The molecule has 27 heavy (non-hydrogen) atoms. The Morgan fingerprint density at radius 1 is 1.15 bits per heavy atom. The summed E-state index contributed by atoms with van der Waals surface area (Å²) in [5.74, 6) is 0.773. The number of para-hydroxylation sites is 1. The molecule has 0 saturated heterocycles. The van der Waals surface area contributed by atoms with Crippen LogP contribution in [0.1, 0.15) is 12.5 Å². The summed E-state index contributed by atoms with van der Waals surface area (Å²) in [6.45, 7) is 2.31. The molecule has 0 bridgehead atoms. The number of ether oxygens (including phenoxy) is 2. The first-order valence-corrected chi connectivity index (χ1v) is 10.3. The number of carbonyl (C=O) groups excluding carboxylic acids is 1. The van der Waals surface area contributed by atoms with E-state index in [4.69, 9.17) is 9.47 Å². The van der Waals surface area contributed by atoms with E-state index >= 15 is 0 Å². The normalized spacial score (nSPS) is 10.9. The third-order valence-corrected chi connectivity index (χ3v) is 4.92. The minimum absolute atomic E-state index is 0.241. The number of sulfonamides is 1. The molecule has 2 aromatic carbocycles. The van der Waals surface area contributed by atoms with Gasteiger partial charge in [-0.3, -0.25) is 9.10 Å². The molecule has 0 saturated carbocycles. The van der Waals surface area contributed by atoms with E-state index in [0.29, 0.717) is 23.8 Å². The van der Waals surface area contributed by atoms with Crippen molar-refractivity contribution < 1.29 is 22.7 Å². The first kappa shape index (κ1) is 20.6. The van der Waals surface area contributed by atoms with Crippen LogP contribution in [0, 0.1) is 0 Å². The van der Waals surface area contributed by atoms with Crippen LogP contribution in [0.4, 0.5) is 5.69 Å². The monoisotopic (exact) mass is 392 g/mol. The summed E-state index contributed by atoms with van der Waals surface area (Å²) in [5.41, 5.74) is 1.18. The fraction of sp³-hybridized carbons (Fsp3) is 0.316. The molecule has 0 heterocycles. The Kier molecular flexibility index (Phi) is 7.06. The number of hydrogen-bond donors (Lipinski definition) is 1. The highest BCUT2D eigenvalue weighted by atomic mass is 32.2. The highest BCUT2D eigenvalue weighted by molar-refractivity contribution is 7.92. The molecule has 0 aliphatic rings. The molecule has 1 N–H and O–H groups in total. The topological polar surface area (TPSA) is 84.9 Å². The average molecular weight is 392 g/mol. The molecule has 0 spiro atoms. The van der Waals surface area contributed by atoms with E-state index in [1.54, 1.807) is 24.3 Å². The second-order valence-electron chi connectivity index (χ2n) is 5.79. The summed E-state index contributed by atoms with van der Waals surface area (Å²) in [5, 5.41) is 2.74. The molecule has 0 atom stereocenters. The number of nitrogens with one attached hydrogen (secondary N) is 1. The molecule has 1 amide bonds. The molecule has 2 rings (SSSR count). The van der Waals surface area contributed by atoms with Crippen molar-refractivity contribution in [1.82, 2.24) is 5.32 Å². The second-order valence-corrected chi connectivity index (χ2v) is 7.70. The number of benzene rings is 2. The number of hydrogen-bond acceptors (Lipinski definition) is 5. The van der Waals surface area contributed by atoms with Gasteiger partial charge in [0.1, 0.15) is 18.0 Å². The smallest absolute Gasteiger partial charge is 0.241 e. The van der Waals surface area contributed by atoms with Gasteiger partial charge in [-0.15, -0.1) is 0 Å². The van der Waals surface area contributed by atoms with Gasteiger partial charge in [-0.1, -0.05) is 24.3 Å². The molecule has 2 aromatic rings. The summed E-state index contributed by atoms with van der Waals surface area (Å²) in [4.78, 5) is 12.4. The number of nitrogens with zero attached hydrogens (tertiary/aromatic N) is 1. The van der Waals surface area contributed by atoms with Gasteiger partial charge in [0.05, 0.1) is 25.7 Å². The standard InChI is InChI=1S/C19H24N2O5S/c1-4-26-18-11-6-5-8-15(18)13-20-19(22)14-21(27(3,23)24)16-9-7-10-17(12-16)25-2/h5-12H,4,13-14H2,1-3H3,(H,20,22). The summed E-state index contributed by atoms with van der Waals surface area (Å²) >= 11 is 0. The van der Waals surface area contributed by atoms with Crippen LogP contribution >= 0.6 is 0 Å².